The lowest BCUT2D eigenvalue weighted by Gasteiger charge is -2.12. The normalized spacial score (nSPS) is 11.9. The van der Waals surface area contributed by atoms with Crippen molar-refractivity contribution in [3.63, 3.8) is 0 Å². The average molecular weight is 244 g/mol. The molecule has 6 heteroatoms. The van der Waals surface area contributed by atoms with E-state index in [0.717, 1.165) is 12.8 Å². The molecule has 0 bridgehead atoms. The van der Waals surface area contributed by atoms with Gasteiger partial charge in [0.15, 0.2) is 12.1 Å². The lowest BCUT2D eigenvalue weighted by Crippen LogP contribution is -2.50. The summed E-state index contributed by atoms with van der Waals surface area (Å²) in [6.07, 6.45) is 5.74. The van der Waals surface area contributed by atoms with Crippen LogP contribution in [0.2, 0.25) is 0 Å². The van der Waals surface area contributed by atoms with Crippen molar-refractivity contribution in [2.45, 2.75) is 51.6 Å². The molecule has 0 spiro atoms. The molecule has 0 aliphatic carbocycles. The topological polar surface area (TPSA) is 114 Å². The second-order valence-corrected chi connectivity index (χ2v) is 3.97. The Hall–Kier alpha value is -1.30. The second kappa shape index (κ2) is 9.89. The molecular weight excluding hydrogens is 220 g/mol. The van der Waals surface area contributed by atoms with Gasteiger partial charge in [0, 0.05) is 0 Å². The minimum atomic E-state index is -1.05. The summed E-state index contributed by atoms with van der Waals surface area (Å²) in [7, 11) is 0. The fraction of sp³-hybridized carbons (Fsp3) is 0.818. The van der Waals surface area contributed by atoms with Crippen molar-refractivity contribution in [2.75, 3.05) is 6.61 Å². The zero-order valence-electron chi connectivity index (χ0n) is 10.5. The Labute approximate surface area is 103 Å². The highest BCUT2D eigenvalue weighted by Gasteiger charge is 2.14. The third-order valence-electron chi connectivity index (χ3n) is 2.31. The highest BCUT2D eigenvalue weighted by atomic mass is 16.5. The van der Waals surface area contributed by atoms with Gasteiger partial charge < -0.3 is 21.5 Å². The van der Waals surface area contributed by atoms with E-state index in [1.165, 1.54) is 25.7 Å². The molecule has 0 radical (unpaired) electrons. The van der Waals surface area contributed by atoms with Gasteiger partial charge in [-0.15, -0.1) is 0 Å². The number of carbonyl (C=O) groups excluding carboxylic acids is 1. The molecule has 0 fully saturated rings. The Balaban J connectivity index is 3.41. The van der Waals surface area contributed by atoms with Gasteiger partial charge in [-0.2, -0.15) is 0 Å². The molecule has 0 aliphatic heterocycles. The monoisotopic (exact) mass is 244 g/mol. The third-order valence-corrected chi connectivity index (χ3v) is 2.31. The van der Waals surface area contributed by atoms with Gasteiger partial charge in [-0.05, 0) is 6.42 Å². The maximum atomic E-state index is 11.3. The highest BCUT2D eigenvalue weighted by Crippen LogP contribution is 2.04. The van der Waals surface area contributed by atoms with E-state index in [0.29, 0.717) is 6.61 Å². The maximum absolute atomic E-state index is 11.3. The molecule has 0 amide bonds. The van der Waals surface area contributed by atoms with Crippen molar-refractivity contribution in [1.29, 1.82) is 5.41 Å². The third kappa shape index (κ3) is 9.62. The molecule has 0 aromatic carbocycles. The maximum Gasteiger partial charge on any atom is 0.343 e. The number of unbranched alkanes of at least 4 members (excludes halogenated alkanes) is 5. The van der Waals surface area contributed by atoms with Crippen molar-refractivity contribution < 1.29 is 9.53 Å². The van der Waals surface area contributed by atoms with E-state index in [4.69, 9.17) is 21.6 Å². The van der Waals surface area contributed by atoms with Crippen LogP contribution in [0.1, 0.15) is 45.4 Å². The SMILES string of the molecule is CCCCCCCCOC(=O)C(N)NC(=N)N. The van der Waals surface area contributed by atoms with E-state index in [2.05, 4.69) is 12.2 Å². The predicted molar refractivity (Wildman–Crippen MR) is 67.4 cm³/mol. The summed E-state index contributed by atoms with van der Waals surface area (Å²) in [6, 6.07) is 0. The first-order valence-electron chi connectivity index (χ1n) is 6.10. The second-order valence-electron chi connectivity index (χ2n) is 3.97. The molecule has 6 nitrogen and oxygen atoms in total. The van der Waals surface area contributed by atoms with Gasteiger partial charge in [0.2, 0.25) is 0 Å². The van der Waals surface area contributed by atoms with Crippen molar-refractivity contribution in [3.8, 4) is 0 Å². The van der Waals surface area contributed by atoms with Gasteiger partial charge in [-0.1, -0.05) is 39.0 Å². The molecule has 1 unspecified atom stereocenters. The smallest absolute Gasteiger partial charge is 0.343 e. The first kappa shape index (κ1) is 15.7. The van der Waals surface area contributed by atoms with Crippen LogP contribution in [0.3, 0.4) is 0 Å². The van der Waals surface area contributed by atoms with Crippen LogP contribution in [0.5, 0.6) is 0 Å². The number of hydrogen-bond acceptors (Lipinski definition) is 4. The van der Waals surface area contributed by atoms with E-state index in [1.54, 1.807) is 0 Å². The van der Waals surface area contributed by atoms with Crippen LogP contribution in [0.4, 0.5) is 0 Å². The first-order valence-corrected chi connectivity index (χ1v) is 6.10. The summed E-state index contributed by atoms with van der Waals surface area (Å²) < 4.78 is 4.93. The van der Waals surface area contributed by atoms with Crippen LogP contribution in [0.15, 0.2) is 0 Å². The van der Waals surface area contributed by atoms with Gasteiger partial charge >= 0.3 is 5.97 Å². The molecule has 0 saturated carbocycles. The lowest BCUT2D eigenvalue weighted by atomic mass is 10.1. The fourth-order valence-electron chi connectivity index (χ4n) is 1.37. The van der Waals surface area contributed by atoms with Gasteiger partial charge in [0.1, 0.15) is 0 Å². The molecule has 0 heterocycles. The number of ether oxygens (including phenoxy) is 1. The molecule has 17 heavy (non-hydrogen) atoms. The molecule has 0 aromatic heterocycles. The molecule has 0 saturated heterocycles. The Kier molecular flexibility index (Phi) is 9.14. The number of carbonyl (C=O) groups is 1. The van der Waals surface area contributed by atoms with Crippen molar-refractivity contribution >= 4 is 11.9 Å². The average Bonchev–Trinajstić information content (AvgIpc) is 2.26. The molecule has 0 aliphatic rings. The molecule has 100 valence electrons. The number of nitrogens with two attached hydrogens (primary N) is 2. The largest absolute Gasteiger partial charge is 0.463 e. The zero-order chi connectivity index (χ0) is 13.1. The summed E-state index contributed by atoms with van der Waals surface area (Å²) in [5.41, 5.74) is 10.4. The highest BCUT2D eigenvalue weighted by molar-refractivity contribution is 5.83. The number of hydrogen-bond donors (Lipinski definition) is 4. The summed E-state index contributed by atoms with van der Waals surface area (Å²) in [5.74, 6) is -0.914. The number of esters is 1. The molecule has 6 N–H and O–H groups in total. The van der Waals surface area contributed by atoms with Crippen molar-refractivity contribution in [2.24, 2.45) is 11.5 Å². The Morgan fingerprint density at radius 2 is 1.88 bits per heavy atom. The Morgan fingerprint density at radius 3 is 2.47 bits per heavy atom. The van der Waals surface area contributed by atoms with E-state index in [-0.39, 0.29) is 5.96 Å². The van der Waals surface area contributed by atoms with E-state index in [1.807, 2.05) is 0 Å². The molecule has 0 aromatic rings. The van der Waals surface area contributed by atoms with Gasteiger partial charge in [-0.3, -0.25) is 5.41 Å². The summed E-state index contributed by atoms with van der Waals surface area (Å²) in [4.78, 5) is 11.3. The van der Waals surface area contributed by atoms with Gasteiger partial charge in [-0.25, -0.2) is 4.79 Å². The summed E-state index contributed by atoms with van der Waals surface area (Å²) in [6.45, 7) is 2.55. The minimum Gasteiger partial charge on any atom is -0.463 e. The van der Waals surface area contributed by atoms with Crippen molar-refractivity contribution in [3.05, 3.63) is 0 Å². The van der Waals surface area contributed by atoms with E-state index >= 15 is 0 Å². The number of rotatable bonds is 9. The molecular formula is C11H24N4O2. The Bertz CT molecular complexity index is 234. The van der Waals surface area contributed by atoms with Crippen LogP contribution in [0, 0.1) is 5.41 Å². The molecule has 1 atom stereocenters. The van der Waals surface area contributed by atoms with Crippen LogP contribution >= 0.6 is 0 Å². The molecule has 0 rings (SSSR count). The zero-order valence-corrected chi connectivity index (χ0v) is 10.5. The fourth-order valence-corrected chi connectivity index (χ4v) is 1.37. The lowest BCUT2D eigenvalue weighted by molar-refractivity contribution is -0.145. The van der Waals surface area contributed by atoms with Gasteiger partial charge in [0.05, 0.1) is 6.61 Å². The predicted octanol–water partition coefficient (Wildman–Crippen LogP) is 0.658. The number of guanidine groups is 1. The summed E-state index contributed by atoms with van der Waals surface area (Å²) in [5, 5.41) is 9.18. The van der Waals surface area contributed by atoms with Crippen LogP contribution in [-0.4, -0.2) is 24.7 Å². The van der Waals surface area contributed by atoms with Gasteiger partial charge in [0.25, 0.3) is 0 Å². The first-order chi connectivity index (χ1) is 8.07. The van der Waals surface area contributed by atoms with Crippen LogP contribution in [-0.2, 0) is 9.53 Å². The minimum absolute atomic E-state index is 0.339. The van der Waals surface area contributed by atoms with Crippen LogP contribution < -0.4 is 16.8 Å². The van der Waals surface area contributed by atoms with Crippen LogP contribution in [0.25, 0.3) is 0 Å². The van der Waals surface area contributed by atoms with E-state index < -0.39 is 12.1 Å². The Morgan fingerprint density at radius 1 is 1.29 bits per heavy atom. The van der Waals surface area contributed by atoms with Crippen molar-refractivity contribution in [1.82, 2.24) is 5.32 Å². The van der Waals surface area contributed by atoms with E-state index in [9.17, 15) is 4.79 Å². The standard InChI is InChI=1S/C11H24N4O2/c1-2-3-4-5-6-7-8-17-10(16)9(12)15-11(13)14/h9H,2-8,12H2,1H3,(H4,13,14,15). The number of nitrogens with one attached hydrogen (secondary N) is 2. The quantitative estimate of drug-likeness (QED) is 0.156. The summed E-state index contributed by atoms with van der Waals surface area (Å²) >= 11 is 0.